The Bertz CT molecular complexity index is 273. The fourth-order valence-corrected chi connectivity index (χ4v) is 1.07. The molecular weight excluding hydrogens is 195 g/mol. The number of ether oxygens (including phenoxy) is 1. The van der Waals surface area contributed by atoms with Crippen LogP contribution in [0.15, 0.2) is 24.3 Å². The first-order chi connectivity index (χ1) is 7.22. The number of unbranched alkanes of at least 4 members (excludes halogenated alkanes) is 1. The van der Waals surface area contributed by atoms with Crippen LogP contribution >= 0.6 is 0 Å². The van der Waals surface area contributed by atoms with Crippen LogP contribution in [0.4, 0.5) is 0 Å². The summed E-state index contributed by atoms with van der Waals surface area (Å²) < 4.78 is 10.1. The second-order valence-electron chi connectivity index (χ2n) is 3.12. The lowest BCUT2D eigenvalue weighted by atomic mass is 10.2. The molecule has 0 bridgehead atoms. The Kier molecular flexibility index (Phi) is 5.00. The average molecular weight is 210 g/mol. The minimum absolute atomic E-state index is 0.396. The van der Waals surface area contributed by atoms with Crippen LogP contribution in [0.5, 0.6) is 11.5 Å². The molecule has 0 amide bonds. The molecule has 1 aromatic carbocycles. The van der Waals surface area contributed by atoms with E-state index in [1.807, 2.05) is 0 Å². The Balaban J connectivity index is 2.42. The minimum Gasteiger partial charge on any atom is -0.512 e. The van der Waals surface area contributed by atoms with Crippen LogP contribution in [0.1, 0.15) is 19.8 Å². The van der Waals surface area contributed by atoms with E-state index < -0.39 is 7.32 Å². The summed E-state index contributed by atoms with van der Waals surface area (Å²) in [7, 11) is -1.78. The van der Waals surface area contributed by atoms with Gasteiger partial charge >= 0.3 is 7.32 Å². The van der Waals surface area contributed by atoms with E-state index in [1.165, 1.54) is 0 Å². The van der Waals surface area contributed by atoms with Crippen molar-refractivity contribution in [2.24, 2.45) is 0 Å². The van der Waals surface area contributed by atoms with E-state index in [-0.39, 0.29) is 0 Å². The van der Waals surface area contributed by atoms with Crippen molar-refractivity contribution in [3.8, 4) is 11.5 Å². The van der Waals surface area contributed by atoms with Gasteiger partial charge in [-0.2, -0.15) is 0 Å². The molecule has 0 aliphatic rings. The third-order valence-corrected chi connectivity index (χ3v) is 1.83. The average Bonchev–Trinajstić information content (AvgIpc) is 2.20. The lowest BCUT2D eigenvalue weighted by Crippen LogP contribution is -2.20. The van der Waals surface area contributed by atoms with Gasteiger partial charge < -0.3 is 19.4 Å². The van der Waals surface area contributed by atoms with Crippen molar-refractivity contribution in [1.82, 2.24) is 0 Å². The maximum Gasteiger partial charge on any atom is 0.707 e. The summed E-state index contributed by atoms with van der Waals surface area (Å²) >= 11 is 0. The molecule has 0 fully saturated rings. The zero-order chi connectivity index (χ0) is 11.1. The van der Waals surface area contributed by atoms with E-state index in [1.54, 1.807) is 24.3 Å². The van der Waals surface area contributed by atoms with Crippen molar-refractivity contribution in [2.45, 2.75) is 19.8 Å². The molecule has 1 aromatic rings. The molecule has 0 saturated heterocycles. The summed E-state index contributed by atoms with van der Waals surface area (Å²) in [5.41, 5.74) is 0. The molecule has 0 radical (unpaired) electrons. The van der Waals surface area contributed by atoms with Crippen molar-refractivity contribution in [2.75, 3.05) is 6.61 Å². The summed E-state index contributed by atoms with van der Waals surface area (Å²) in [6.45, 7) is 2.79. The SMILES string of the molecule is CCCCOc1ccc(OB(O)O)cc1. The summed E-state index contributed by atoms with van der Waals surface area (Å²) in [5, 5.41) is 17.1. The first-order valence-electron chi connectivity index (χ1n) is 4.98. The van der Waals surface area contributed by atoms with Crippen molar-refractivity contribution in [1.29, 1.82) is 0 Å². The van der Waals surface area contributed by atoms with Gasteiger partial charge in [-0.05, 0) is 30.7 Å². The molecule has 82 valence electrons. The first kappa shape index (κ1) is 11.9. The highest BCUT2D eigenvalue weighted by atomic mass is 16.6. The lowest BCUT2D eigenvalue weighted by Gasteiger charge is -2.07. The van der Waals surface area contributed by atoms with Crippen LogP contribution in [0.3, 0.4) is 0 Å². The van der Waals surface area contributed by atoms with E-state index in [4.69, 9.17) is 14.8 Å². The highest BCUT2D eigenvalue weighted by Crippen LogP contribution is 2.17. The zero-order valence-electron chi connectivity index (χ0n) is 8.72. The molecule has 0 atom stereocenters. The third-order valence-electron chi connectivity index (χ3n) is 1.83. The van der Waals surface area contributed by atoms with Crippen LogP contribution in [0, 0.1) is 0 Å². The quantitative estimate of drug-likeness (QED) is 0.547. The summed E-state index contributed by atoms with van der Waals surface area (Å²) in [6, 6.07) is 6.71. The van der Waals surface area contributed by atoms with Gasteiger partial charge in [0.2, 0.25) is 0 Å². The molecular formula is C10H15BO4. The standard InChI is InChI=1S/C10H15BO4/c1-2-3-8-14-9-4-6-10(7-5-9)15-11(12)13/h4-7,12-13H,2-3,8H2,1H3. The monoisotopic (exact) mass is 210 g/mol. The summed E-state index contributed by atoms with van der Waals surface area (Å²) in [6.07, 6.45) is 2.12. The molecule has 0 aromatic heterocycles. The smallest absolute Gasteiger partial charge is 0.512 e. The predicted octanol–water partition coefficient (Wildman–Crippen LogP) is 1.21. The molecule has 4 nitrogen and oxygen atoms in total. The summed E-state index contributed by atoms with van der Waals surface area (Å²) in [5.74, 6) is 1.15. The first-order valence-corrected chi connectivity index (χ1v) is 4.98. The van der Waals surface area contributed by atoms with E-state index in [0.29, 0.717) is 12.4 Å². The molecule has 0 heterocycles. The summed E-state index contributed by atoms with van der Waals surface area (Å²) in [4.78, 5) is 0. The lowest BCUT2D eigenvalue weighted by molar-refractivity contribution is 0.286. The van der Waals surface area contributed by atoms with Gasteiger partial charge in [-0.1, -0.05) is 13.3 Å². The molecule has 2 N–H and O–H groups in total. The van der Waals surface area contributed by atoms with Crippen LogP contribution in [0.25, 0.3) is 0 Å². The van der Waals surface area contributed by atoms with E-state index in [2.05, 4.69) is 11.6 Å². The van der Waals surface area contributed by atoms with E-state index in [9.17, 15) is 0 Å². The van der Waals surface area contributed by atoms with E-state index in [0.717, 1.165) is 18.6 Å². The van der Waals surface area contributed by atoms with Gasteiger partial charge in [-0.25, -0.2) is 0 Å². The van der Waals surface area contributed by atoms with Crippen molar-refractivity contribution in [3.05, 3.63) is 24.3 Å². The highest BCUT2D eigenvalue weighted by Gasteiger charge is 2.10. The molecule has 0 saturated carbocycles. The van der Waals surface area contributed by atoms with Gasteiger partial charge in [0.15, 0.2) is 0 Å². The molecule has 1 rings (SSSR count). The predicted molar refractivity (Wildman–Crippen MR) is 57.7 cm³/mol. The van der Waals surface area contributed by atoms with Gasteiger partial charge in [0.25, 0.3) is 0 Å². The van der Waals surface area contributed by atoms with Gasteiger partial charge in [0, 0.05) is 0 Å². The zero-order valence-corrected chi connectivity index (χ0v) is 8.72. The van der Waals surface area contributed by atoms with Gasteiger partial charge in [0.1, 0.15) is 11.5 Å². The fraction of sp³-hybridized carbons (Fsp3) is 0.400. The Morgan fingerprint density at radius 3 is 2.27 bits per heavy atom. The second-order valence-corrected chi connectivity index (χ2v) is 3.12. The molecule has 0 aliphatic carbocycles. The Labute approximate surface area is 89.6 Å². The molecule has 5 heteroatoms. The van der Waals surface area contributed by atoms with Gasteiger partial charge in [-0.15, -0.1) is 0 Å². The number of hydrogen-bond donors (Lipinski definition) is 2. The molecule has 0 aliphatic heterocycles. The Morgan fingerprint density at radius 2 is 1.73 bits per heavy atom. The maximum absolute atomic E-state index is 8.55. The van der Waals surface area contributed by atoms with Gasteiger partial charge in [-0.3, -0.25) is 0 Å². The number of rotatable bonds is 6. The topological polar surface area (TPSA) is 58.9 Å². The second kappa shape index (κ2) is 6.32. The van der Waals surface area contributed by atoms with Crippen LogP contribution in [-0.2, 0) is 0 Å². The van der Waals surface area contributed by atoms with Crippen molar-refractivity contribution < 1.29 is 19.4 Å². The van der Waals surface area contributed by atoms with Crippen molar-refractivity contribution >= 4 is 7.32 Å². The minimum atomic E-state index is -1.78. The highest BCUT2D eigenvalue weighted by molar-refractivity contribution is 6.33. The van der Waals surface area contributed by atoms with Crippen LogP contribution in [-0.4, -0.2) is 24.0 Å². The van der Waals surface area contributed by atoms with Crippen LogP contribution in [0.2, 0.25) is 0 Å². The van der Waals surface area contributed by atoms with E-state index >= 15 is 0 Å². The fourth-order valence-electron chi connectivity index (χ4n) is 1.07. The van der Waals surface area contributed by atoms with Crippen LogP contribution < -0.4 is 9.39 Å². The normalized spacial score (nSPS) is 9.80. The maximum atomic E-state index is 8.55. The molecule has 0 spiro atoms. The Morgan fingerprint density at radius 1 is 1.13 bits per heavy atom. The molecule has 0 unspecified atom stereocenters. The molecule has 15 heavy (non-hydrogen) atoms. The largest absolute Gasteiger partial charge is 0.707 e. The van der Waals surface area contributed by atoms with Gasteiger partial charge in [0.05, 0.1) is 6.61 Å². The van der Waals surface area contributed by atoms with Crippen molar-refractivity contribution in [3.63, 3.8) is 0 Å². The number of benzene rings is 1. The third kappa shape index (κ3) is 4.72. The Hall–Kier alpha value is -1.20. The number of hydrogen-bond acceptors (Lipinski definition) is 4.